The molecule has 0 saturated carbocycles. The quantitative estimate of drug-likeness (QED) is 0.913. The molecule has 0 bridgehead atoms. The monoisotopic (exact) mass is 323 g/mol. The van der Waals surface area contributed by atoms with E-state index in [9.17, 15) is 0 Å². The summed E-state index contributed by atoms with van der Waals surface area (Å²) in [5.41, 5.74) is 1.27. The van der Waals surface area contributed by atoms with Crippen molar-refractivity contribution in [2.45, 2.75) is 23.4 Å². The molecule has 0 aliphatic heterocycles. The lowest BCUT2D eigenvalue weighted by molar-refractivity contribution is 0.726. The predicted molar refractivity (Wildman–Crippen MR) is 77.7 cm³/mol. The first kappa shape index (κ1) is 13.5. The van der Waals surface area contributed by atoms with Gasteiger partial charge in [-0.1, -0.05) is 24.8 Å². The van der Waals surface area contributed by atoms with Gasteiger partial charge >= 0.3 is 0 Å². The lowest BCUT2D eigenvalue weighted by Crippen LogP contribution is -2.11. The second-order valence-electron chi connectivity index (χ2n) is 3.69. The number of benzene rings is 1. The maximum Gasteiger partial charge on any atom is 0.119 e. The van der Waals surface area contributed by atoms with Crippen LogP contribution < -0.4 is 5.32 Å². The summed E-state index contributed by atoms with van der Waals surface area (Å²) in [6, 6.07) is 6.38. The van der Waals surface area contributed by atoms with Gasteiger partial charge in [-0.05, 0) is 40.2 Å². The zero-order valence-electron chi connectivity index (χ0n) is 10.1. The van der Waals surface area contributed by atoms with Crippen molar-refractivity contribution in [3.63, 3.8) is 0 Å². The predicted octanol–water partition coefficient (Wildman–Crippen LogP) is 3.50. The van der Waals surface area contributed by atoms with E-state index in [0.29, 0.717) is 0 Å². The van der Waals surface area contributed by atoms with E-state index < -0.39 is 0 Å². The van der Waals surface area contributed by atoms with Gasteiger partial charge in [0.25, 0.3) is 0 Å². The molecular formula is C13H14BrN3S. The number of hydrogen-bond acceptors (Lipinski definition) is 4. The fraction of sp³-hybridized carbons (Fsp3) is 0.231. The highest BCUT2D eigenvalue weighted by Crippen LogP contribution is 2.32. The Morgan fingerprint density at radius 1 is 1.33 bits per heavy atom. The van der Waals surface area contributed by atoms with Gasteiger partial charge in [-0.3, -0.25) is 4.98 Å². The van der Waals surface area contributed by atoms with E-state index in [1.54, 1.807) is 30.4 Å². The Bertz CT molecular complexity index is 505. The Morgan fingerprint density at radius 2 is 2.22 bits per heavy atom. The van der Waals surface area contributed by atoms with Crippen LogP contribution in [0.4, 0.5) is 0 Å². The minimum absolute atomic E-state index is 0.894. The Morgan fingerprint density at radius 3 is 2.89 bits per heavy atom. The van der Waals surface area contributed by atoms with E-state index in [2.05, 4.69) is 56.3 Å². The second-order valence-corrected chi connectivity index (χ2v) is 5.61. The van der Waals surface area contributed by atoms with Gasteiger partial charge in [0, 0.05) is 28.3 Å². The van der Waals surface area contributed by atoms with Crippen molar-refractivity contribution in [3.8, 4) is 0 Å². The normalized spacial score (nSPS) is 10.6. The highest BCUT2D eigenvalue weighted by molar-refractivity contribution is 9.10. The van der Waals surface area contributed by atoms with Crippen LogP contribution in [0.3, 0.4) is 0 Å². The number of nitrogens with zero attached hydrogens (tertiary/aromatic N) is 2. The molecule has 18 heavy (non-hydrogen) atoms. The van der Waals surface area contributed by atoms with E-state index in [-0.39, 0.29) is 0 Å². The van der Waals surface area contributed by atoms with Crippen LogP contribution in [0, 0.1) is 0 Å². The largest absolute Gasteiger partial charge is 0.313 e. The molecule has 2 rings (SSSR count). The topological polar surface area (TPSA) is 37.8 Å². The third kappa shape index (κ3) is 3.80. The van der Waals surface area contributed by atoms with Crippen molar-refractivity contribution >= 4 is 27.7 Å². The molecule has 0 radical (unpaired) electrons. The first-order valence-corrected chi connectivity index (χ1v) is 7.33. The van der Waals surface area contributed by atoms with Gasteiger partial charge in [-0.15, -0.1) is 0 Å². The summed E-state index contributed by atoms with van der Waals surface area (Å²) in [6.45, 7) is 3.98. The highest BCUT2D eigenvalue weighted by atomic mass is 79.9. The van der Waals surface area contributed by atoms with Crippen LogP contribution in [0.1, 0.15) is 12.5 Å². The lowest BCUT2D eigenvalue weighted by Gasteiger charge is -2.07. The molecule has 2 aromatic rings. The summed E-state index contributed by atoms with van der Waals surface area (Å²) in [4.78, 5) is 9.46. The van der Waals surface area contributed by atoms with E-state index in [1.165, 1.54) is 5.56 Å². The fourth-order valence-electron chi connectivity index (χ4n) is 1.46. The van der Waals surface area contributed by atoms with Crippen LogP contribution >= 0.6 is 27.7 Å². The summed E-state index contributed by atoms with van der Waals surface area (Å²) in [6.07, 6.45) is 5.15. The van der Waals surface area contributed by atoms with Crippen LogP contribution in [-0.2, 0) is 6.54 Å². The Labute approximate surface area is 120 Å². The zero-order valence-corrected chi connectivity index (χ0v) is 12.5. The summed E-state index contributed by atoms with van der Waals surface area (Å²) in [5.74, 6) is 0. The van der Waals surface area contributed by atoms with E-state index in [4.69, 9.17) is 0 Å². The second kappa shape index (κ2) is 6.87. The average Bonchev–Trinajstić information content (AvgIpc) is 2.40. The molecule has 0 atom stereocenters. The summed E-state index contributed by atoms with van der Waals surface area (Å²) in [7, 11) is 0. The van der Waals surface area contributed by atoms with E-state index in [1.807, 2.05) is 0 Å². The fourth-order valence-corrected chi connectivity index (χ4v) is 2.87. The molecule has 1 aromatic carbocycles. The third-order valence-corrected chi connectivity index (χ3v) is 4.24. The average molecular weight is 324 g/mol. The highest BCUT2D eigenvalue weighted by Gasteiger charge is 2.04. The SMILES string of the molecule is CCNCc1ccc(Sc2cnccn2)c(Br)c1. The minimum Gasteiger partial charge on any atom is -0.313 e. The number of rotatable bonds is 5. The van der Waals surface area contributed by atoms with Crippen LogP contribution in [-0.4, -0.2) is 16.5 Å². The van der Waals surface area contributed by atoms with Crippen molar-refractivity contribution in [2.24, 2.45) is 0 Å². The maximum absolute atomic E-state index is 4.25. The maximum atomic E-state index is 4.25. The third-order valence-electron chi connectivity index (χ3n) is 2.33. The molecule has 0 amide bonds. The number of hydrogen-bond donors (Lipinski definition) is 1. The van der Waals surface area contributed by atoms with Crippen LogP contribution in [0.2, 0.25) is 0 Å². The zero-order chi connectivity index (χ0) is 12.8. The van der Waals surface area contributed by atoms with Crippen molar-refractivity contribution in [3.05, 3.63) is 46.8 Å². The van der Waals surface area contributed by atoms with Gasteiger partial charge in [0.15, 0.2) is 0 Å². The summed E-state index contributed by atoms with van der Waals surface area (Å²) < 4.78 is 1.09. The summed E-state index contributed by atoms with van der Waals surface area (Å²) in [5, 5.41) is 4.21. The molecule has 0 aliphatic carbocycles. The molecule has 0 fully saturated rings. The van der Waals surface area contributed by atoms with Gasteiger partial charge in [0.1, 0.15) is 5.03 Å². The smallest absolute Gasteiger partial charge is 0.119 e. The molecule has 1 N–H and O–H groups in total. The van der Waals surface area contributed by atoms with Crippen LogP contribution in [0.25, 0.3) is 0 Å². The van der Waals surface area contributed by atoms with Gasteiger partial charge < -0.3 is 5.32 Å². The number of halogens is 1. The van der Waals surface area contributed by atoms with E-state index in [0.717, 1.165) is 27.5 Å². The standard InChI is InChI=1S/C13H14BrN3S/c1-2-15-8-10-3-4-12(11(14)7-10)18-13-9-16-5-6-17-13/h3-7,9,15H,2,8H2,1H3. The van der Waals surface area contributed by atoms with Crippen LogP contribution in [0.15, 0.2) is 51.2 Å². The molecule has 0 aliphatic rings. The Hall–Kier alpha value is -0.910. The minimum atomic E-state index is 0.894. The first-order valence-electron chi connectivity index (χ1n) is 5.72. The van der Waals surface area contributed by atoms with Gasteiger partial charge in [-0.25, -0.2) is 4.98 Å². The molecule has 5 heteroatoms. The van der Waals surface area contributed by atoms with Crippen molar-refractivity contribution < 1.29 is 0 Å². The molecule has 3 nitrogen and oxygen atoms in total. The van der Waals surface area contributed by atoms with Gasteiger partial charge in [0.05, 0.1) is 6.20 Å². The van der Waals surface area contributed by atoms with Gasteiger partial charge in [0.2, 0.25) is 0 Å². The molecule has 1 heterocycles. The van der Waals surface area contributed by atoms with Crippen LogP contribution in [0.5, 0.6) is 0 Å². The molecule has 0 spiro atoms. The molecule has 94 valence electrons. The lowest BCUT2D eigenvalue weighted by atomic mass is 10.2. The molecular weight excluding hydrogens is 310 g/mol. The Kier molecular flexibility index (Phi) is 5.16. The number of aromatic nitrogens is 2. The van der Waals surface area contributed by atoms with Crippen molar-refractivity contribution in [1.29, 1.82) is 0 Å². The Balaban J connectivity index is 2.10. The summed E-state index contributed by atoms with van der Waals surface area (Å²) >= 11 is 5.21. The number of nitrogens with one attached hydrogen (secondary N) is 1. The van der Waals surface area contributed by atoms with Gasteiger partial charge in [-0.2, -0.15) is 0 Å². The van der Waals surface area contributed by atoms with Crippen molar-refractivity contribution in [2.75, 3.05) is 6.54 Å². The molecule has 0 saturated heterocycles. The van der Waals surface area contributed by atoms with E-state index >= 15 is 0 Å². The molecule has 0 unspecified atom stereocenters. The molecule has 1 aromatic heterocycles. The van der Waals surface area contributed by atoms with Crippen molar-refractivity contribution in [1.82, 2.24) is 15.3 Å². The first-order chi connectivity index (χ1) is 8.79.